The van der Waals surface area contributed by atoms with Crippen LogP contribution in [-0.4, -0.2) is 24.0 Å². The number of rotatable bonds is 6. The lowest BCUT2D eigenvalue weighted by molar-refractivity contribution is 0.166. The van der Waals surface area contributed by atoms with Crippen molar-refractivity contribution in [3.05, 3.63) is 107 Å². The van der Waals surface area contributed by atoms with Crippen LogP contribution >= 0.6 is 0 Å². The third kappa shape index (κ3) is 4.89. The fraction of sp³-hybridized carbons (Fsp3) is 0.308. The van der Waals surface area contributed by atoms with Crippen molar-refractivity contribution in [2.24, 2.45) is 0 Å². The molecule has 1 aliphatic heterocycles. The molecular formula is C26H30N2. The third-order valence-corrected chi connectivity index (χ3v) is 5.82. The fourth-order valence-corrected chi connectivity index (χ4v) is 4.36. The maximum Gasteiger partial charge on any atom is 0.0234 e. The molecule has 1 aliphatic rings. The van der Waals surface area contributed by atoms with Gasteiger partial charge in [-0.3, -0.25) is 4.90 Å². The Morgan fingerprint density at radius 3 is 2.32 bits per heavy atom. The van der Waals surface area contributed by atoms with Crippen molar-refractivity contribution in [3.63, 3.8) is 0 Å². The van der Waals surface area contributed by atoms with Crippen molar-refractivity contribution in [2.75, 3.05) is 13.1 Å². The first kappa shape index (κ1) is 18.9. The van der Waals surface area contributed by atoms with Gasteiger partial charge in [-0.25, -0.2) is 0 Å². The van der Waals surface area contributed by atoms with Crippen LogP contribution in [0.25, 0.3) is 0 Å². The summed E-state index contributed by atoms with van der Waals surface area (Å²) >= 11 is 0. The average molecular weight is 371 g/mol. The molecule has 0 bridgehead atoms. The van der Waals surface area contributed by atoms with Gasteiger partial charge in [0.2, 0.25) is 0 Å². The van der Waals surface area contributed by atoms with E-state index >= 15 is 0 Å². The third-order valence-electron chi connectivity index (χ3n) is 5.82. The number of hydrogen-bond donors (Lipinski definition) is 1. The van der Waals surface area contributed by atoms with Crippen molar-refractivity contribution < 1.29 is 0 Å². The SMILES string of the molecule is Cc1cccc(CN[C@H]2CCN(Cc3ccccc3)C[C@@H]2c2ccccc2)c1. The molecule has 0 amide bonds. The maximum atomic E-state index is 3.87. The molecule has 1 N–H and O–H groups in total. The van der Waals surface area contributed by atoms with E-state index in [0.29, 0.717) is 12.0 Å². The molecule has 3 aromatic carbocycles. The summed E-state index contributed by atoms with van der Waals surface area (Å²) in [5, 5.41) is 3.87. The van der Waals surface area contributed by atoms with Crippen LogP contribution in [0.3, 0.4) is 0 Å². The lowest BCUT2D eigenvalue weighted by Gasteiger charge is -2.39. The quantitative estimate of drug-likeness (QED) is 0.646. The zero-order valence-electron chi connectivity index (χ0n) is 16.7. The molecule has 4 rings (SSSR count). The van der Waals surface area contributed by atoms with Crippen LogP contribution in [0.5, 0.6) is 0 Å². The molecular weight excluding hydrogens is 340 g/mol. The van der Waals surface area contributed by atoms with Gasteiger partial charge < -0.3 is 5.32 Å². The second kappa shape index (κ2) is 9.18. The van der Waals surface area contributed by atoms with Gasteiger partial charge in [-0.1, -0.05) is 90.5 Å². The minimum absolute atomic E-state index is 0.509. The lowest BCUT2D eigenvalue weighted by Crippen LogP contribution is -2.47. The van der Waals surface area contributed by atoms with Gasteiger partial charge in [-0.05, 0) is 30.0 Å². The Hall–Kier alpha value is -2.42. The molecule has 3 aromatic rings. The lowest BCUT2D eigenvalue weighted by atomic mass is 9.85. The molecule has 0 radical (unpaired) electrons. The molecule has 28 heavy (non-hydrogen) atoms. The van der Waals surface area contributed by atoms with E-state index in [-0.39, 0.29) is 0 Å². The number of piperidine rings is 1. The summed E-state index contributed by atoms with van der Waals surface area (Å²) < 4.78 is 0. The van der Waals surface area contributed by atoms with Crippen LogP contribution < -0.4 is 5.32 Å². The maximum absolute atomic E-state index is 3.87. The van der Waals surface area contributed by atoms with E-state index in [2.05, 4.69) is 102 Å². The van der Waals surface area contributed by atoms with E-state index in [1.54, 1.807) is 0 Å². The summed E-state index contributed by atoms with van der Waals surface area (Å²) in [6, 6.07) is 31.2. The molecule has 1 heterocycles. The van der Waals surface area contributed by atoms with E-state index in [9.17, 15) is 0 Å². The molecule has 0 saturated carbocycles. The Bertz CT molecular complexity index is 860. The smallest absolute Gasteiger partial charge is 0.0234 e. The van der Waals surface area contributed by atoms with Gasteiger partial charge in [0.05, 0.1) is 0 Å². The van der Waals surface area contributed by atoms with Crippen molar-refractivity contribution in [3.8, 4) is 0 Å². The number of benzene rings is 3. The zero-order chi connectivity index (χ0) is 19.2. The van der Waals surface area contributed by atoms with E-state index < -0.39 is 0 Å². The van der Waals surface area contributed by atoms with Crippen LogP contribution in [0.15, 0.2) is 84.9 Å². The van der Waals surface area contributed by atoms with E-state index in [1.165, 1.54) is 28.7 Å². The molecule has 2 nitrogen and oxygen atoms in total. The predicted molar refractivity (Wildman–Crippen MR) is 117 cm³/mol. The summed E-state index contributed by atoms with van der Waals surface area (Å²) in [7, 11) is 0. The predicted octanol–water partition coefficient (Wildman–Crippen LogP) is 5.14. The second-order valence-electron chi connectivity index (χ2n) is 8.00. The Balaban J connectivity index is 1.46. The highest BCUT2D eigenvalue weighted by Gasteiger charge is 2.30. The fourth-order valence-electron chi connectivity index (χ4n) is 4.36. The highest BCUT2D eigenvalue weighted by atomic mass is 15.1. The van der Waals surface area contributed by atoms with Gasteiger partial charge in [-0.15, -0.1) is 0 Å². The number of likely N-dealkylation sites (tertiary alicyclic amines) is 1. The van der Waals surface area contributed by atoms with Crippen molar-refractivity contribution in [1.82, 2.24) is 10.2 Å². The van der Waals surface area contributed by atoms with Crippen LogP contribution in [0.2, 0.25) is 0 Å². The molecule has 0 unspecified atom stereocenters. The van der Waals surface area contributed by atoms with Gasteiger partial charge in [0, 0.05) is 38.1 Å². The van der Waals surface area contributed by atoms with Crippen molar-refractivity contribution >= 4 is 0 Å². The minimum Gasteiger partial charge on any atom is -0.309 e. The summed E-state index contributed by atoms with van der Waals surface area (Å²) in [6.45, 7) is 6.38. The number of nitrogens with zero attached hydrogens (tertiary/aromatic N) is 1. The molecule has 2 heteroatoms. The van der Waals surface area contributed by atoms with Gasteiger partial charge in [-0.2, -0.15) is 0 Å². The van der Waals surface area contributed by atoms with Crippen LogP contribution in [0, 0.1) is 6.92 Å². The first-order valence-electron chi connectivity index (χ1n) is 10.4. The summed E-state index contributed by atoms with van der Waals surface area (Å²) in [5.41, 5.74) is 5.55. The largest absolute Gasteiger partial charge is 0.309 e. The Morgan fingerprint density at radius 2 is 1.57 bits per heavy atom. The summed E-state index contributed by atoms with van der Waals surface area (Å²) in [4.78, 5) is 2.61. The van der Waals surface area contributed by atoms with E-state index in [0.717, 1.165) is 26.2 Å². The molecule has 0 spiro atoms. The monoisotopic (exact) mass is 370 g/mol. The zero-order valence-corrected chi connectivity index (χ0v) is 16.7. The van der Waals surface area contributed by atoms with E-state index in [1.807, 2.05) is 0 Å². The van der Waals surface area contributed by atoms with E-state index in [4.69, 9.17) is 0 Å². The summed E-state index contributed by atoms with van der Waals surface area (Å²) in [5.74, 6) is 0.517. The molecule has 0 aliphatic carbocycles. The van der Waals surface area contributed by atoms with Gasteiger partial charge in [0.1, 0.15) is 0 Å². The van der Waals surface area contributed by atoms with Gasteiger partial charge in [0.25, 0.3) is 0 Å². The molecule has 2 atom stereocenters. The first-order valence-corrected chi connectivity index (χ1v) is 10.4. The molecule has 1 saturated heterocycles. The van der Waals surface area contributed by atoms with Gasteiger partial charge in [0.15, 0.2) is 0 Å². The average Bonchev–Trinajstić information content (AvgIpc) is 2.74. The van der Waals surface area contributed by atoms with Crippen LogP contribution in [-0.2, 0) is 13.1 Å². The standard InChI is InChI=1S/C26H30N2/c1-21-9-8-12-23(17-21)18-27-26-15-16-28(19-22-10-4-2-5-11-22)20-25(26)24-13-6-3-7-14-24/h2-14,17,25-27H,15-16,18-20H2,1H3/t25-,26+/m1/s1. The number of nitrogens with one attached hydrogen (secondary N) is 1. The number of aryl methyl sites for hydroxylation is 1. The van der Waals surface area contributed by atoms with Crippen LogP contribution in [0.1, 0.15) is 34.6 Å². The Labute approximate surface area is 169 Å². The highest BCUT2D eigenvalue weighted by Crippen LogP contribution is 2.28. The number of hydrogen-bond acceptors (Lipinski definition) is 2. The molecule has 1 fully saturated rings. The topological polar surface area (TPSA) is 15.3 Å². The molecule has 144 valence electrons. The van der Waals surface area contributed by atoms with Gasteiger partial charge >= 0.3 is 0 Å². The second-order valence-corrected chi connectivity index (χ2v) is 8.00. The van der Waals surface area contributed by atoms with Crippen LogP contribution in [0.4, 0.5) is 0 Å². The normalized spacial score (nSPS) is 20.2. The summed E-state index contributed by atoms with van der Waals surface area (Å²) in [6.07, 6.45) is 1.18. The Morgan fingerprint density at radius 1 is 0.857 bits per heavy atom. The Kier molecular flexibility index (Phi) is 6.20. The molecule has 0 aromatic heterocycles. The highest BCUT2D eigenvalue weighted by molar-refractivity contribution is 5.25. The first-order chi connectivity index (χ1) is 13.8. The van der Waals surface area contributed by atoms with Crippen molar-refractivity contribution in [1.29, 1.82) is 0 Å². The minimum atomic E-state index is 0.509. The van der Waals surface area contributed by atoms with Crippen molar-refractivity contribution in [2.45, 2.75) is 38.4 Å².